The molecule has 1 saturated heterocycles. The number of β-amino-alcohol motifs (C(OH)–C–C–N with tert-alkyl or cyclic N) is 1. The minimum Gasteiger partial charge on any atom is -0.474 e. The lowest BCUT2D eigenvalue weighted by Crippen LogP contribution is -2.47. The molecule has 0 aromatic carbocycles. The van der Waals surface area contributed by atoms with Crippen LogP contribution in [0.1, 0.15) is 62.0 Å². The molecule has 1 amide bonds. The van der Waals surface area contributed by atoms with Crippen LogP contribution < -0.4 is 4.74 Å². The Morgan fingerprint density at radius 3 is 2.56 bits per heavy atom. The van der Waals surface area contributed by atoms with E-state index in [0.717, 1.165) is 37.7 Å². The van der Waals surface area contributed by atoms with E-state index in [2.05, 4.69) is 9.88 Å². The first-order valence-corrected chi connectivity index (χ1v) is 10.3. The summed E-state index contributed by atoms with van der Waals surface area (Å²) in [5.41, 5.74) is 0.562. The van der Waals surface area contributed by atoms with E-state index in [9.17, 15) is 9.90 Å². The third kappa shape index (κ3) is 4.27. The quantitative estimate of drug-likeness (QED) is 0.858. The Labute approximate surface area is 161 Å². The van der Waals surface area contributed by atoms with Crippen molar-refractivity contribution in [1.82, 2.24) is 14.8 Å². The van der Waals surface area contributed by atoms with Crippen LogP contribution in [0.25, 0.3) is 0 Å². The summed E-state index contributed by atoms with van der Waals surface area (Å²) in [4.78, 5) is 21.6. The van der Waals surface area contributed by atoms with Gasteiger partial charge >= 0.3 is 0 Å². The fraction of sp³-hybridized carbons (Fsp3) is 0.714. The second-order valence-electron chi connectivity index (χ2n) is 8.87. The number of piperidine rings is 1. The minimum atomic E-state index is -0.891. The van der Waals surface area contributed by atoms with Crippen molar-refractivity contribution >= 4 is 5.91 Å². The second-order valence-corrected chi connectivity index (χ2v) is 8.87. The van der Waals surface area contributed by atoms with E-state index in [0.29, 0.717) is 31.0 Å². The van der Waals surface area contributed by atoms with Crippen LogP contribution in [0.4, 0.5) is 0 Å². The molecule has 1 N–H and O–H groups in total. The van der Waals surface area contributed by atoms with Crippen LogP contribution in [0, 0.1) is 0 Å². The number of aliphatic hydroxyl groups is 1. The molecule has 27 heavy (non-hydrogen) atoms. The standard InChI is InChI=1S/C21H31N3O3/c1-21(2,26)14-24-13-10-18-17(20(24)25)6-7-19(22-18)27-16-8-11-23(12-9-16)15-4-3-5-15/h6-7,15-16,26H,3-5,8-14H2,1-2H3. The number of ether oxygens (including phenoxy) is 1. The zero-order chi connectivity index (χ0) is 19.0. The van der Waals surface area contributed by atoms with Crippen LogP contribution in [0.3, 0.4) is 0 Å². The van der Waals surface area contributed by atoms with Gasteiger partial charge in [0.05, 0.1) is 16.9 Å². The third-order valence-electron chi connectivity index (χ3n) is 6.02. The van der Waals surface area contributed by atoms with Gasteiger partial charge in [0, 0.05) is 44.7 Å². The van der Waals surface area contributed by atoms with Crippen LogP contribution in [-0.4, -0.2) is 69.7 Å². The predicted molar refractivity (Wildman–Crippen MR) is 103 cm³/mol. The van der Waals surface area contributed by atoms with Crippen molar-refractivity contribution in [2.75, 3.05) is 26.2 Å². The number of carbonyl (C=O) groups is 1. The number of fused-ring (bicyclic) bond motifs is 1. The van der Waals surface area contributed by atoms with Crippen molar-refractivity contribution in [2.24, 2.45) is 0 Å². The fourth-order valence-corrected chi connectivity index (χ4v) is 4.34. The Hall–Kier alpha value is -1.66. The summed E-state index contributed by atoms with van der Waals surface area (Å²) in [5.74, 6) is 0.589. The summed E-state index contributed by atoms with van der Waals surface area (Å²) >= 11 is 0. The van der Waals surface area contributed by atoms with Gasteiger partial charge in [0.1, 0.15) is 6.10 Å². The first-order chi connectivity index (χ1) is 12.9. The first-order valence-electron chi connectivity index (χ1n) is 10.3. The number of carbonyl (C=O) groups excluding carboxylic acids is 1. The summed E-state index contributed by atoms with van der Waals surface area (Å²) in [6.45, 7) is 6.60. The number of pyridine rings is 1. The fourth-order valence-electron chi connectivity index (χ4n) is 4.34. The Bertz CT molecular complexity index is 688. The highest BCUT2D eigenvalue weighted by Gasteiger charge is 2.31. The molecule has 0 spiro atoms. The van der Waals surface area contributed by atoms with Gasteiger partial charge in [0.25, 0.3) is 5.91 Å². The van der Waals surface area contributed by atoms with Gasteiger partial charge in [-0.3, -0.25) is 4.79 Å². The van der Waals surface area contributed by atoms with Gasteiger partial charge in [-0.2, -0.15) is 0 Å². The zero-order valence-electron chi connectivity index (χ0n) is 16.5. The van der Waals surface area contributed by atoms with Gasteiger partial charge in [0.15, 0.2) is 0 Å². The predicted octanol–water partition coefficient (Wildman–Crippen LogP) is 2.25. The highest BCUT2D eigenvalue weighted by Crippen LogP contribution is 2.29. The highest BCUT2D eigenvalue weighted by atomic mass is 16.5. The van der Waals surface area contributed by atoms with Crippen LogP contribution >= 0.6 is 0 Å². The van der Waals surface area contributed by atoms with E-state index in [1.807, 2.05) is 12.1 Å². The molecule has 2 fully saturated rings. The molecule has 6 heteroatoms. The van der Waals surface area contributed by atoms with Gasteiger partial charge in [-0.25, -0.2) is 4.98 Å². The van der Waals surface area contributed by atoms with E-state index in [-0.39, 0.29) is 12.0 Å². The number of rotatable bonds is 5. The van der Waals surface area contributed by atoms with E-state index >= 15 is 0 Å². The number of amides is 1. The maximum absolute atomic E-state index is 12.7. The molecular weight excluding hydrogens is 342 g/mol. The lowest BCUT2D eigenvalue weighted by atomic mass is 9.90. The summed E-state index contributed by atoms with van der Waals surface area (Å²) in [6, 6.07) is 4.47. The normalized spacial score (nSPS) is 22.5. The Balaban J connectivity index is 1.36. The van der Waals surface area contributed by atoms with Crippen molar-refractivity contribution in [3.05, 3.63) is 23.4 Å². The number of nitrogens with zero attached hydrogens (tertiary/aromatic N) is 3. The van der Waals surface area contributed by atoms with Gasteiger partial charge in [0.2, 0.25) is 5.88 Å². The third-order valence-corrected chi connectivity index (χ3v) is 6.02. The van der Waals surface area contributed by atoms with E-state index in [4.69, 9.17) is 4.74 Å². The molecule has 1 aliphatic carbocycles. The van der Waals surface area contributed by atoms with Crippen molar-refractivity contribution in [2.45, 2.75) is 70.1 Å². The highest BCUT2D eigenvalue weighted by molar-refractivity contribution is 5.96. The number of hydrogen-bond acceptors (Lipinski definition) is 5. The average molecular weight is 373 g/mol. The SMILES string of the molecule is CC(C)(O)CN1CCc2nc(OC3CCN(C4CCC4)CC3)ccc2C1=O. The first kappa shape index (κ1) is 18.7. The Morgan fingerprint density at radius 2 is 1.93 bits per heavy atom. The van der Waals surface area contributed by atoms with E-state index in [1.165, 1.54) is 19.3 Å². The Kier molecular flexibility index (Phi) is 5.12. The summed E-state index contributed by atoms with van der Waals surface area (Å²) in [6.07, 6.45) is 7.12. The lowest BCUT2D eigenvalue weighted by molar-refractivity contribution is 0.0284. The molecule has 1 aromatic heterocycles. The molecule has 0 atom stereocenters. The van der Waals surface area contributed by atoms with E-state index < -0.39 is 5.60 Å². The Morgan fingerprint density at radius 1 is 1.19 bits per heavy atom. The molecule has 0 unspecified atom stereocenters. The van der Waals surface area contributed by atoms with Gasteiger partial charge in [-0.1, -0.05) is 6.42 Å². The molecule has 0 bridgehead atoms. The zero-order valence-corrected chi connectivity index (χ0v) is 16.5. The second kappa shape index (κ2) is 7.40. The summed E-state index contributed by atoms with van der Waals surface area (Å²) in [7, 11) is 0. The topological polar surface area (TPSA) is 65.9 Å². The molecule has 3 aliphatic rings. The number of likely N-dealkylation sites (tertiary alicyclic amines) is 1. The van der Waals surface area contributed by atoms with Crippen molar-refractivity contribution < 1.29 is 14.6 Å². The summed E-state index contributed by atoms with van der Waals surface area (Å²) in [5, 5.41) is 10.0. The monoisotopic (exact) mass is 373 g/mol. The molecule has 148 valence electrons. The molecule has 0 radical (unpaired) electrons. The largest absolute Gasteiger partial charge is 0.474 e. The van der Waals surface area contributed by atoms with Gasteiger partial charge in [-0.05, 0) is 45.6 Å². The smallest absolute Gasteiger partial charge is 0.255 e. The van der Waals surface area contributed by atoms with Gasteiger partial charge in [-0.15, -0.1) is 0 Å². The molecule has 4 rings (SSSR count). The average Bonchev–Trinajstić information content (AvgIpc) is 2.57. The maximum atomic E-state index is 12.7. The molecule has 3 heterocycles. The molecule has 1 saturated carbocycles. The molecular formula is C21H31N3O3. The van der Waals surface area contributed by atoms with Crippen LogP contribution in [0.15, 0.2) is 12.1 Å². The van der Waals surface area contributed by atoms with Crippen LogP contribution in [-0.2, 0) is 6.42 Å². The summed E-state index contributed by atoms with van der Waals surface area (Å²) < 4.78 is 6.14. The van der Waals surface area contributed by atoms with Crippen LogP contribution in [0.2, 0.25) is 0 Å². The minimum absolute atomic E-state index is 0.0498. The molecule has 6 nitrogen and oxygen atoms in total. The van der Waals surface area contributed by atoms with Crippen LogP contribution in [0.5, 0.6) is 5.88 Å². The number of hydrogen-bond donors (Lipinski definition) is 1. The number of aromatic nitrogens is 1. The maximum Gasteiger partial charge on any atom is 0.255 e. The van der Waals surface area contributed by atoms with Crippen molar-refractivity contribution in [1.29, 1.82) is 0 Å². The van der Waals surface area contributed by atoms with E-state index in [1.54, 1.807) is 18.7 Å². The molecule has 2 aliphatic heterocycles. The van der Waals surface area contributed by atoms with Crippen molar-refractivity contribution in [3.63, 3.8) is 0 Å². The molecule has 1 aromatic rings. The lowest BCUT2D eigenvalue weighted by Gasteiger charge is -2.41. The van der Waals surface area contributed by atoms with Crippen molar-refractivity contribution in [3.8, 4) is 5.88 Å². The van der Waals surface area contributed by atoms with Gasteiger partial charge < -0.3 is 19.6 Å².